The number of aromatic amines is 1. The summed E-state index contributed by atoms with van der Waals surface area (Å²) in [6.07, 6.45) is -1.75. The normalized spacial score (nSPS) is 35.8. The molecule has 0 spiro atoms. The molecule has 2 heterocycles. The van der Waals surface area contributed by atoms with Crippen LogP contribution in [-0.2, 0) is 4.74 Å². The van der Waals surface area contributed by atoms with Crippen LogP contribution >= 0.6 is 11.6 Å². The molecule has 0 amide bonds. The van der Waals surface area contributed by atoms with Gasteiger partial charge in [-0.2, -0.15) is 0 Å². The Balaban J connectivity index is 2.45. The first-order valence-corrected chi connectivity index (χ1v) is 5.70. The van der Waals surface area contributed by atoms with Crippen LogP contribution < -0.4 is 11.2 Å². The Morgan fingerprint density at radius 3 is 2.78 bits per heavy atom. The highest BCUT2D eigenvalue weighted by Gasteiger charge is 2.52. The van der Waals surface area contributed by atoms with Gasteiger partial charge < -0.3 is 14.9 Å². The van der Waals surface area contributed by atoms with E-state index in [4.69, 9.17) is 21.4 Å². The average molecular weight is 274 g/mol. The van der Waals surface area contributed by atoms with Crippen LogP contribution in [0.25, 0.3) is 0 Å². The van der Waals surface area contributed by atoms with E-state index in [1.807, 2.05) is 0 Å². The van der Waals surface area contributed by atoms with E-state index < -0.39 is 41.1 Å². The Morgan fingerprint density at radius 2 is 2.28 bits per heavy atom. The molecule has 1 aromatic heterocycles. The third-order valence-electron chi connectivity index (χ3n) is 3.00. The molecule has 2 rings (SSSR count). The number of nitrogens with zero attached hydrogens (tertiary/aromatic N) is 1. The second-order valence-corrected chi connectivity index (χ2v) is 5.14. The highest BCUT2D eigenvalue weighted by Crippen LogP contribution is 2.40. The topological polar surface area (TPSA) is 105 Å². The summed E-state index contributed by atoms with van der Waals surface area (Å²) in [6, 6.07) is 1.15. The molecule has 98 valence electrons. The lowest BCUT2D eigenvalue weighted by molar-refractivity contribution is -0.0462. The van der Waals surface area contributed by atoms with Crippen LogP contribution in [0.4, 0.5) is 0 Å². The van der Waals surface area contributed by atoms with E-state index in [2.05, 4.69) is 4.98 Å². The standard InChI is InChI=1S/C9H12BClN2O5/c10-9(11)6(16)4(3-14)18-7(9)13-2-1-5(15)12-8(13)17/h1-2,4,6-7,14,16H,3,10H2,(H,12,15,17)/t4-,6-,7-,9+/m1/s1. The van der Waals surface area contributed by atoms with Gasteiger partial charge in [0.1, 0.15) is 14.0 Å². The third-order valence-corrected chi connectivity index (χ3v) is 3.41. The maximum absolute atomic E-state index is 11.6. The predicted molar refractivity (Wildman–Crippen MR) is 65.5 cm³/mol. The molecule has 1 aromatic rings. The first-order valence-electron chi connectivity index (χ1n) is 5.32. The Labute approximate surface area is 107 Å². The van der Waals surface area contributed by atoms with Gasteiger partial charge in [-0.05, 0) is 0 Å². The highest BCUT2D eigenvalue weighted by atomic mass is 35.5. The summed E-state index contributed by atoms with van der Waals surface area (Å²) >= 11 is 6.17. The Hall–Kier alpha value is -1.09. The van der Waals surface area contributed by atoms with Crippen molar-refractivity contribution in [3.63, 3.8) is 0 Å². The maximum atomic E-state index is 11.6. The molecular formula is C9H12BClN2O5. The molecular weight excluding hydrogens is 262 g/mol. The molecule has 0 aromatic carbocycles. The van der Waals surface area contributed by atoms with Gasteiger partial charge in [0.2, 0.25) is 0 Å². The van der Waals surface area contributed by atoms with Gasteiger partial charge in [0.05, 0.1) is 17.5 Å². The lowest BCUT2D eigenvalue weighted by atomic mass is 9.79. The highest BCUT2D eigenvalue weighted by molar-refractivity contribution is 6.45. The molecule has 1 aliphatic rings. The number of aliphatic hydroxyl groups is 2. The summed E-state index contributed by atoms with van der Waals surface area (Å²) in [5, 5.41) is 18.9. The molecule has 0 saturated carbocycles. The molecule has 7 nitrogen and oxygen atoms in total. The second kappa shape index (κ2) is 4.54. The van der Waals surface area contributed by atoms with E-state index in [0.717, 1.165) is 10.6 Å². The first kappa shape index (κ1) is 13.3. The first-order chi connectivity index (χ1) is 8.37. The van der Waals surface area contributed by atoms with Gasteiger partial charge in [-0.15, -0.1) is 11.6 Å². The largest absolute Gasteiger partial charge is 0.394 e. The Morgan fingerprint density at radius 1 is 1.61 bits per heavy atom. The minimum atomic E-state index is -1.28. The van der Waals surface area contributed by atoms with E-state index in [-0.39, 0.29) is 0 Å². The van der Waals surface area contributed by atoms with Crippen LogP contribution in [0.1, 0.15) is 6.23 Å². The smallest absolute Gasteiger partial charge is 0.330 e. The number of ether oxygens (including phenoxy) is 1. The molecule has 0 bridgehead atoms. The summed E-state index contributed by atoms with van der Waals surface area (Å²) in [7, 11) is 1.50. The van der Waals surface area contributed by atoms with Crippen molar-refractivity contribution < 1.29 is 14.9 Å². The van der Waals surface area contributed by atoms with E-state index in [1.54, 1.807) is 0 Å². The number of rotatable bonds is 2. The molecule has 0 radical (unpaired) electrons. The molecule has 3 N–H and O–H groups in total. The predicted octanol–water partition coefficient (Wildman–Crippen LogP) is -2.64. The molecule has 0 aliphatic carbocycles. The van der Waals surface area contributed by atoms with Gasteiger partial charge in [-0.25, -0.2) is 4.79 Å². The summed E-state index contributed by atoms with van der Waals surface area (Å²) in [5.74, 6) is 0. The summed E-state index contributed by atoms with van der Waals surface area (Å²) < 4.78 is 5.15. The third kappa shape index (κ3) is 2.01. The van der Waals surface area contributed by atoms with E-state index in [9.17, 15) is 14.7 Å². The summed E-state index contributed by atoms with van der Waals surface area (Å²) in [6.45, 7) is -0.419. The van der Waals surface area contributed by atoms with Gasteiger partial charge in [0, 0.05) is 12.3 Å². The second-order valence-electron chi connectivity index (χ2n) is 4.32. The van der Waals surface area contributed by atoms with Crippen LogP contribution in [0.3, 0.4) is 0 Å². The lowest BCUT2D eigenvalue weighted by Gasteiger charge is -2.26. The van der Waals surface area contributed by atoms with Crippen molar-refractivity contribution in [2.75, 3.05) is 6.61 Å². The molecule has 1 saturated heterocycles. The van der Waals surface area contributed by atoms with Crippen LogP contribution in [0.5, 0.6) is 0 Å². The van der Waals surface area contributed by atoms with Crippen molar-refractivity contribution in [1.82, 2.24) is 9.55 Å². The molecule has 18 heavy (non-hydrogen) atoms. The molecule has 4 atom stereocenters. The van der Waals surface area contributed by atoms with Gasteiger partial charge >= 0.3 is 5.69 Å². The fraction of sp³-hybridized carbons (Fsp3) is 0.556. The van der Waals surface area contributed by atoms with E-state index in [0.29, 0.717) is 0 Å². The minimum absolute atomic E-state index is 0.419. The van der Waals surface area contributed by atoms with Crippen molar-refractivity contribution in [2.45, 2.75) is 23.2 Å². The SMILES string of the molecule is B[C@]1(Cl)[C@H](O)[C@@H](CO)O[C@H]1n1ccc(=O)[nH]c1=O. The number of nitrogens with one attached hydrogen (secondary N) is 1. The number of aliphatic hydroxyl groups excluding tert-OH is 2. The number of hydrogen-bond acceptors (Lipinski definition) is 5. The summed E-state index contributed by atoms with van der Waals surface area (Å²) in [4.78, 5) is 24.7. The van der Waals surface area contributed by atoms with Gasteiger partial charge in [-0.1, -0.05) is 0 Å². The maximum Gasteiger partial charge on any atom is 0.330 e. The van der Waals surface area contributed by atoms with Gasteiger partial charge in [-0.3, -0.25) is 14.3 Å². The molecule has 1 fully saturated rings. The van der Waals surface area contributed by atoms with Crippen LogP contribution in [0, 0.1) is 0 Å². The number of aromatic nitrogens is 2. The zero-order chi connectivity index (χ0) is 13.5. The number of H-pyrrole nitrogens is 1. The summed E-state index contributed by atoms with van der Waals surface area (Å²) in [5.41, 5.74) is -1.23. The fourth-order valence-corrected chi connectivity index (χ4v) is 2.27. The number of hydrogen-bond donors (Lipinski definition) is 3. The lowest BCUT2D eigenvalue weighted by Crippen LogP contribution is -2.45. The molecule has 9 heteroatoms. The van der Waals surface area contributed by atoms with Crippen molar-refractivity contribution in [1.29, 1.82) is 0 Å². The van der Waals surface area contributed by atoms with Crippen molar-refractivity contribution in [2.24, 2.45) is 0 Å². The Bertz CT molecular complexity index is 556. The minimum Gasteiger partial charge on any atom is -0.394 e. The van der Waals surface area contributed by atoms with E-state index >= 15 is 0 Å². The monoisotopic (exact) mass is 274 g/mol. The van der Waals surface area contributed by atoms with Crippen molar-refractivity contribution in [3.05, 3.63) is 33.1 Å². The average Bonchev–Trinajstić information content (AvgIpc) is 2.52. The van der Waals surface area contributed by atoms with E-state index in [1.165, 1.54) is 14.0 Å². The zero-order valence-corrected chi connectivity index (χ0v) is 10.3. The zero-order valence-electron chi connectivity index (χ0n) is 9.54. The molecule has 0 unspecified atom stereocenters. The van der Waals surface area contributed by atoms with Crippen LogP contribution in [0.2, 0.25) is 0 Å². The number of halogens is 1. The quantitative estimate of drug-likeness (QED) is 0.404. The molecule has 1 aliphatic heterocycles. The van der Waals surface area contributed by atoms with Crippen molar-refractivity contribution >= 4 is 19.4 Å². The van der Waals surface area contributed by atoms with Crippen molar-refractivity contribution in [3.8, 4) is 0 Å². The van der Waals surface area contributed by atoms with Gasteiger partial charge in [0.15, 0.2) is 6.23 Å². The number of alkyl halides is 1. The Kier molecular flexibility index (Phi) is 3.37. The van der Waals surface area contributed by atoms with Crippen LogP contribution in [0.15, 0.2) is 21.9 Å². The van der Waals surface area contributed by atoms with Crippen LogP contribution in [-0.4, -0.2) is 51.2 Å². The van der Waals surface area contributed by atoms with Gasteiger partial charge in [0.25, 0.3) is 5.56 Å². The fourth-order valence-electron chi connectivity index (χ4n) is 1.97.